The van der Waals surface area contributed by atoms with Crippen molar-refractivity contribution in [2.24, 2.45) is 0 Å². The van der Waals surface area contributed by atoms with Crippen molar-refractivity contribution in [2.45, 2.75) is 13.0 Å². The third kappa shape index (κ3) is 2.15. The quantitative estimate of drug-likeness (QED) is 0.566. The summed E-state index contributed by atoms with van der Waals surface area (Å²) in [6.45, 7) is 2.55. The molecule has 0 aromatic heterocycles. The second kappa shape index (κ2) is 3.98. The van der Waals surface area contributed by atoms with Crippen LogP contribution in [0, 0.1) is 5.82 Å². The van der Waals surface area contributed by atoms with Gasteiger partial charge in [-0.2, -0.15) is 0 Å². The predicted octanol–water partition coefficient (Wildman–Crippen LogP) is 2.07. The van der Waals surface area contributed by atoms with Gasteiger partial charge < -0.3 is 9.47 Å². The largest absolute Gasteiger partial charge is 0.462 e. The summed E-state index contributed by atoms with van der Waals surface area (Å²) in [5.74, 6) is -1.18. The summed E-state index contributed by atoms with van der Waals surface area (Å²) in [4.78, 5) is 11.3. The van der Waals surface area contributed by atoms with E-state index in [0.29, 0.717) is 6.61 Å². The van der Waals surface area contributed by atoms with Crippen LogP contribution in [0.25, 0.3) is 0 Å². The zero-order valence-corrected chi connectivity index (χ0v) is 8.33. The number of carbonyl (C=O) groups excluding carboxylic acids is 1. The first-order valence-corrected chi connectivity index (χ1v) is 4.80. The zero-order valence-electron chi connectivity index (χ0n) is 8.33. The molecule has 1 aliphatic rings. The number of epoxide rings is 1. The first-order valence-electron chi connectivity index (χ1n) is 4.80. The molecule has 4 heteroatoms. The second-order valence-electron chi connectivity index (χ2n) is 3.28. The fourth-order valence-electron chi connectivity index (χ4n) is 1.35. The van der Waals surface area contributed by atoms with Crippen LogP contribution in [0.4, 0.5) is 4.39 Å². The monoisotopic (exact) mass is 210 g/mol. The molecule has 0 spiro atoms. The molecule has 1 atom stereocenters. The lowest BCUT2D eigenvalue weighted by Gasteiger charge is -2.04. The lowest BCUT2D eigenvalue weighted by atomic mass is 10.1. The highest BCUT2D eigenvalue weighted by molar-refractivity contribution is 5.89. The van der Waals surface area contributed by atoms with Gasteiger partial charge in [0, 0.05) is 0 Å². The second-order valence-corrected chi connectivity index (χ2v) is 3.28. The minimum absolute atomic E-state index is 0.00394. The van der Waals surface area contributed by atoms with Gasteiger partial charge in [0.15, 0.2) is 0 Å². The van der Waals surface area contributed by atoms with Crippen molar-refractivity contribution < 1.29 is 18.7 Å². The predicted molar refractivity (Wildman–Crippen MR) is 51.0 cm³/mol. The van der Waals surface area contributed by atoms with Crippen molar-refractivity contribution in [1.82, 2.24) is 0 Å². The van der Waals surface area contributed by atoms with E-state index in [1.54, 1.807) is 13.0 Å². The molecule has 80 valence electrons. The molecule has 15 heavy (non-hydrogen) atoms. The number of hydrogen-bond donors (Lipinski definition) is 0. The highest BCUT2D eigenvalue weighted by Gasteiger charge is 2.26. The number of benzene rings is 1. The van der Waals surface area contributed by atoms with Gasteiger partial charge in [0.05, 0.1) is 18.8 Å². The van der Waals surface area contributed by atoms with Crippen LogP contribution in [0.5, 0.6) is 0 Å². The molecule has 1 unspecified atom stereocenters. The fourth-order valence-corrected chi connectivity index (χ4v) is 1.35. The Labute approximate surface area is 86.8 Å². The highest BCUT2D eigenvalue weighted by atomic mass is 19.1. The average Bonchev–Trinajstić information content (AvgIpc) is 3.01. The van der Waals surface area contributed by atoms with Gasteiger partial charge in [-0.1, -0.05) is 6.07 Å². The number of ether oxygens (including phenoxy) is 2. The van der Waals surface area contributed by atoms with Gasteiger partial charge in [0.25, 0.3) is 0 Å². The topological polar surface area (TPSA) is 38.8 Å². The fraction of sp³-hybridized carbons (Fsp3) is 0.364. The minimum atomic E-state index is -0.627. The molecule has 0 radical (unpaired) electrons. The Hall–Kier alpha value is -1.42. The van der Waals surface area contributed by atoms with E-state index in [0.717, 1.165) is 5.56 Å². The molecule has 0 bridgehead atoms. The maximum absolute atomic E-state index is 13.5. The first-order chi connectivity index (χ1) is 7.22. The standard InChI is InChI=1S/C11H11FO3/c1-2-14-11(13)8-4-3-7(5-9(8)12)10-6-15-10/h3-5,10H,2,6H2,1H3. The molecule has 2 rings (SSSR count). The number of carbonyl (C=O) groups is 1. The van der Waals surface area contributed by atoms with Crippen molar-refractivity contribution in [1.29, 1.82) is 0 Å². The van der Waals surface area contributed by atoms with Gasteiger partial charge in [-0.3, -0.25) is 0 Å². The Morgan fingerprint density at radius 3 is 2.93 bits per heavy atom. The van der Waals surface area contributed by atoms with Crippen LogP contribution in [0.1, 0.15) is 28.9 Å². The van der Waals surface area contributed by atoms with Crippen LogP contribution in [0.3, 0.4) is 0 Å². The molecule has 0 saturated carbocycles. The molecule has 1 aromatic carbocycles. The SMILES string of the molecule is CCOC(=O)c1ccc(C2CO2)cc1F. The number of halogens is 1. The van der Waals surface area contributed by atoms with Gasteiger partial charge in [0.2, 0.25) is 0 Å². The van der Waals surface area contributed by atoms with Crippen LogP contribution < -0.4 is 0 Å². The Morgan fingerprint density at radius 2 is 2.40 bits per heavy atom. The summed E-state index contributed by atoms with van der Waals surface area (Å²) in [6, 6.07) is 4.45. The van der Waals surface area contributed by atoms with Gasteiger partial charge in [-0.15, -0.1) is 0 Å². The van der Waals surface area contributed by atoms with Crippen LogP contribution in [-0.4, -0.2) is 19.2 Å². The third-order valence-corrected chi connectivity index (χ3v) is 2.19. The van der Waals surface area contributed by atoms with Crippen LogP contribution in [0.15, 0.2) is 18.2 Å². The summed E-state index contributed by atoms with van der Waals surface area (Å²) in [6.07, 6.45) is -0.00394. The molecule has 0 amide bonds. The Balaban J connectivity index is 2.21. The Morgan fingerprint density at radius 1 is 1.67 bits per heavy atom. The molecule has 1 heterocycles. The van der Waals surface area contributed by atoms with Gasteiger partial charge in [-0.05, 0) is 24.6 Å². The van der Waals surface area contributed by atoms with E-state index in [-0.39, 0.29) is 18.3 Å². The summed E-state index contributed by atoms with van der Waals surface area (Å²) >= 11 is 0. The molecule has 3 nitrogen and oxygen atoms in total. The maximum atomic E-state index is 13.5. The van der Waals surface area contributed by atoms with Crippen molar-refractivity contribution in [3.05, 3.63) is 35.1 Å². The molecular weight excluding hydrogens is 199 g/mol. The van der Waals surface area contributed by atoms with Crippen molar-refractivity contribution >= 4 is 5.97 Å². The van der Waals surface area contributed by atoms with E-state index in [1.807, 2.05) is 0 Å². The summed E-state index contributed by atoms with van der Waals surface area (Å²) in [5, 5.41) is 0. The number of esters is 1. The van der Waals surface area contributed by atoms with E-state index in [4.69, 9.17) is 9.47 Å². The van der Waals surface area contributed by atoms with Crippen molar-refractivity contribution in [3.8, 4) is 0 Å². The minimum Gasteiger partial charge on any atom is -0.462 e. The zero-order chi connectivity index (χ0) is 10.8. The molecular formula is C11H11FO3. The lowest BCUT2D eigenvalue weighted by molar-refractivity contribution is 0.0521. The van der Waals surface area contributed by atoms with E-state index in [1.165, 1.54) is 12.1 Å². The number of hydrogen-bond acceptors (Lipinski definition) is 3. The number of rotatable bonds is 3. The Kier molecular flexibility index (Phi) is 2.68. The molecule has 1 aromatic rings. The van der Waals surface area contributed by atoms with Crippen molar-refractivity contribution in [3.63, 3.8) is 0 Å². The van der Waals surface area contributed by atoms with Crippen molar-refractivity contribution in [2.75, 3.05) is 13.2 Å². The summed E-state index contributed by atoms with van der Waals surface area (Å²) < 4.78 is 23.2. The maximum Gasteiger partial charge on any atom is 0.341 e. The molecule has 1 saturated heterocycles. The average molecular weight is 210 g/mol. The molecule has 1 fully saturated rings. The van der Waals surface area contributed by atoms with Crippen LogP contribution >= 0.6 is 0 Å². The van der Waals surface area contributed by atoms with Gasteiger partial charge in [0.1, 0.15) is 11.9 Å². The van der Waals surface area contributed by atoms with E-state index in [2.05, 4.69) is 0 Å². The molecule has 1 aliphatic heterocycles. The van der Waals surface area contributed by atoms with Gasteiger partial charge in [-0.25, -0.2) is 9.18 Å². The summed E-state index contributed by atoms with van der Waals surface area (Å²) in [7, 11) is 0. The van der Waals surface area contributed by atoms with E-state index in [9.17, 15) is 9.18 Å². The lowest BCUT2D eigenvalue weighted by Crippen LogP contribution is -2.07. The third-order valence-electron chi connectivity index (χ3n) is 2.19. The molecule has 0 aliphatic carbocycles. The first kappa shape index (κ1) is 10.1. The van der Waals surface area contributed by atoms with E-state index >= 15 is 0 Å². The van der Waals surface area contributed by atoms with Crippen LogP contribution in [0.2, 0.25) is 0 Å². The molecule has 0 N–H and O–H groups in total. The van der Waals surface area contributed by atoms with E-state index < -0.39 is 11.8 Å². The van der Waals surface area contributed by atoms with Crippen LogP contribution in [-0.2, 0) is 9.47 Å². The highest BCUT2D eigenvalue weighted by Crippen LogP contribution is 2.30. The smallest absolute Gasteiger partial charge is 0.341 e. The Bertz CT molecular complexity index is 385. The van der Waals surface area contributed by atoms with Gasteiger partial charge >= 0.3 is 5.97 Å². The summed E-state index contributed by atoms with van der Waals surface area (Å²) in [5.41, 5.74) is 0.738. The normalized spacial score (nSPS) is 18.7.